The minimum absolute atomic E-state index is 0.0627. The Kier molecular flexibility index (Phi) is 6.06. The Morgan fingerprint density at radius 2 is 1.90 bits per heavy atom. The Bertz CT molecular complexity index is 1090. The fourth-order valence-electron chi connectivity index (χ4n) is 3.69. The normalized spacial score (nSPS) is 14.5. The number of hydrogen-bond donors (Lipinski definition) is 1. The highest BCUT2D eigenvalue weighted by atomic mass is 19.1. The lowest BCUT2D eigenvalue weighted by atomic mass is 10.0. The van der Waals surface area contributed by atoms with E-state index in [1.807, 2.05) is 24.3 Å². The van der Waals surface area contributed by atoms with Gasteiger partial charge in [-0.15, -0.1) is 5.10 Å². The summed E-state index contributed by atoms with van der Waals surface area (Å²) in [5, 5.41) is 11.1. The summed E-state index contributed by atoms with van der Waals surface area (Å²) >= 11 is 0. The molecule has 1 saturated heterocycles. The number of halogens is 1. The van der Waals surface area contributed by atoms with E-state index in [-0.39, 0.29) is 17.9 Å². The van der Waals surface area contributed by atoms with Crippen molar-refractivity contribution in [1.82, 2.24) is 25.2 Å². The van der Waals surface area contributed by atoms with Crippen LogP contribution in [0.5, 0.6) is 0 Å². The topological polar surface area (TPSA) is 80.1 Å². The van der Waals surface area contributed by atoms with Crippen LogP contribution in [0.15, 0.2) is 54.7 Å². The number of benzene rings is 2. The van der Waals surface area contributed by atoms with Gasteiger partial charge >= 0.3 is 0 Å². The Morgan fingerprint density at radius 1 is 1.13 bits per heavy atom. The van der Waals surface area contributed by atoms with Gasteiger partial charge in [0.15, 0.2) is 5.69 Å². The molecule has 2 aromatic carbocycles. The van der Waals surface area contributed by atoms with Crippen LogP contribution in [0.2, 0.25) is 0 Å². The van der Waals surface area contributed by atoms with Gasteiger partial charge in [-0.05, 0) is 55.2 Å². The number of carbonyl (C=O) groups is 2. The molecule has 8 heteroatoms. The lowest BCUT2D eigenvalue weighted by Crippen LogP contribution is -2.46. The molecule has 0 spiro atoms. The summed E-state index contributed by atoms with van der Waals surface area (Å²) in [4.78, 5) is 26.9. The van der Waals surface area contributed by atoms with Crippen LogP contribution in [0.3, 0.4) is 0 Å². The van der Waals surface area contributed by atoms with E-state index in [1.54, 1.807) is 21.8 Å². The van der Waals surface area contributed by atoms with Crippen molar-refractivity contribution in [1.29, 1.82) is 0 Å². The van der Waals surface area contributed by atoms with Crippen molar-refractivity contribution in [2.24, 2.45) is 0 Å². The zero-order chi connectivity index (χ0) is 21.8. The highest BCUT2D eigenvalue weighted by molar-refractivity contribution is 5.94. The Labute approximate surface area is 179 Å². The van der Waals surface area contributed by atoms with Crippen LogP contribution in [0.1, 0.15) is 46.2 Å². The summed E-state index contributed by atoms with van der Waals surface area (Å²) in [6, 6.07) is 13.5. The summed E-state index contributed by atoms with van der Waals surface area (Å²) in [6.07, 6.45) is 3.81. The maximum Gasteiger partial charge on any atom is 0.276 e. The third-order valence-corrected chi connectivity index (χ3v) is 5.50. The molecule has 0 unspecified atom stereocenters. The molecule has 1 aliphatic heterocycles. The molecule has 0 saturated carbocycles. The average Bonchev–Trinajstić information content (AvgIpc) is 3.29. The number of nitrogens with zero attached hydrogens (tertiary/aromatic N) is 4. The van der Waals surface area contributed by atoms with Crippen LogP contribution in [-0.4, -0.2) is 50.8 Å². The first-order chi connectivity index (χ1) is 15.0. The van der Waals surface area contributed by atoms with E-state index in [0.717, 1.165) is 12.1 Å². The lowest BCUT2D eigenvalue weighted by molar-refractivity contribution is 0.0692. The third-order valence-electron chi connectivity index (χ3n) is 5.50. The molecule has 7 nitrogen and oxygen atoms in total. The number of amides is 2. The second kappa shape index (κ2) is 9.07. The predicted molar refractivity (Wildman–Crippen MR) is 114 cm³/mol. The monoisotopic (exact) mass is 421 g/mol. The summed E-state index contributed by atoms with van der Waals surface area (Å²) in [6.45, 7) is 3.09. The van der Waals surface area contributed by atoms with Gasteiger partial charge in [0.05, 0.1) is 11.9 Å². The molecule has 31 heavy (non-hydrogen) atoms. The molecule has 1 fully saturated rings. The molecule has 1 aromatic heterocycles. The van der Waals surface area contributed by atoms with Crippen LogP contribution in [0.25, 0.3) is 5.69 Å². The van der Waals surface area contributed by atoms with E-state index in [2.05, 4.69) is 22.6 Å². The second-order valence-electron chi connectivity index (χ2n) is 7.62. The number of carbonyl (C=O) groups excluding carboxylic acids is 2. The van der Waals surface area contributed by atoms with Gasteiger partial charge in [-0.25, -0.2) is 9.07 Å². The van der Waals surface area contributed by atoms with E-state index in [1.165, 1.54) is 23.8 Å². The number of nitrogens with one attached hydrogen (secondary N) is 1. The Morgan fingerprint density at radius 3 is 2.65 bits per heavy atom. The molecule has 0 bridgehead atoms. The van der Waals surface area contributed by atoms with Crippen molar-refractivity contribution < 1.29 is 14.0 Å². The van der Waals surface area contributed by atoms with Gasteiger partial charge in [-0.3, -0.25) is 9.59 Å². The number of aromatic nitrogens is 3. The summed E-state index contributed by atoms with van der Waals surface area (Å²) in [5.74, 6) is -0.920. The highest BCUT2D eigenvalue weighted by Crippen LogP contribution is 2.16. The number of likely N-dealkylation sites (tertiary alicyclic amines) is 1. The molecule has 2 amide bonds. The molecule has 160 valence electrons. The molecule has 0 radical (unpaired) electrons. The van der Waals surface area contributed by atoms with Gasteiger partial charge in [-0.1, -0.05) is 30.3 Å². The molecule has 2 heterocycles. The maximum absolute atomic E-state index is 13.3. The highest BCUT2D eigenvalue weighted by Gasteiger charge is 2.26. The van der Waals surface area contributed by atoms with Gasteiger partial charge in [0.2, 0.25) is 0 Å². The zero-order valence-electron chi connectivity index (χ0n) is 17.3. The number of rotatable bonds is 5. The van der Waals surface area contributed by atoms with E-state index < -0.39 is 5.82 Å². The van der Waals surface area contributed by atoms with Gasteiger partial charge in [-0.2, -0.15) is 0 Å². The fraction of sp³-hybridized carbons (Fsp3) is 0.304. The molecule has 0 atom stereocenters. The Balaban J connectivity index is 1.34. The molecule has 1 aliphatic rings. The van der Waals surface area contributed by atoms with Crippen molar-refractivity contribution in [3.63, 3.8) is 0 Å². The first-order valence-corrected chi connectivity index (χ1v) is 10.4. The molecular weight excluding hydrogens is 397 g/mol. The molecule has 1 N–H and O–H groups in total. The maximum atomic E-state index is 13.3. The van der Waals surface area contributed by atoms with Crippen molar-refractivity contribution in [2.75, 3.05) is 13.1 Å². The van der Waals surface area contributed by atoms with Crippen LogP contribution < -0.4 is 5.32 Å². The first-order valence-electron chi connectivity index (χ1n) is 10.4. The van der Waals surface area contributed by atoms with Gasteiger partial charge in [0.1, 0.15) is 5.82 Å². The number of hydrogen-bond acceptors (Lipinski definition) is 4. The van der Waals surface area contributed by atoms with Gasteiger partial charge in [0.25, 0.3) is 11.8 Å². The van der Waals surface area contributed by atoms with E-state index in [9.17, 15) is 14.0 Å². The van der Waals surface area contributed by atoms with E-state index in [4.69, 9.17) is 0 Å². The fourth-order valence-corrected chi connectivity index (χ4v) is 3.69. The second-order valence-corrected chi connectivity index (χ2v) is 7.62. The largest absolute Gasteiger partial charge is 0.349 e. The van der Waals surface area contributed by atoms with E-state index in [0.29, 0.717) is 37.2 Å². The lowest BCUT2D eigenvalue weighted by Gasteiger charge is -2.31. The first kappa shape index (κ1) is 20.7. The predicted octanol–water partition coefficient (Wildman–Crippen LogP) is 3.00. The number of aryl methyl sites for hydroxylation is 1. The summed E-state index contributed by atoms with van der Waals surface area (Å²) < 4.78 is 14.9. The third kappa shape index (κ3) is 4.79. The van der Waals surface area contributed by atoms with Crippen LogP contribution in [0, 0.1) is 5.82 Å². The molecule has 0 aliphatic carbocycles. The summed E-state index contributed by atoms with van der Waals surface area (Å²) in [5.41, 5.74) is 2.64. The van der Waals surface area contributed by atoms with Crippen LogP contribution in [-0.2, 0) is 6.42 Å². The van der Waals surface area contributed by atoms with Crippen molar-refractivity contribution in [2.45, 2.75) is 32.2 Å². The zero-order valence-corrected chi connectivity index (χ0v) is 17.3. The van der Waals surface area contributed by atoms with Crippen molar-refractivity contribution in [3.05, 3.63) is 77.4 Å². The average molecular weight is 421 g/mol. The Hall–Kier alpha value is -3.55. The SMILES string of the molecule is CCc1cccc(-n2cc(C(=O)N3CCC(NC(=O)c4cccc(F)c4)CC3)nn2)c1. The van der Waals surface area contributed by atoms with Crippen LogP contribution in [0.4, 0.5) is 4.39 Å². The standard InChI is InChI=1S/C23H24FN5O2/c1-2-16-5-3-8-20(13-16)29-15-21(26-27-29)23(31)28-11-9-19(10-12-28)25-22(30)17-6-4-7-18(24)14-17/h3-8,13-15,19H,2,9-12H2,1H3,(H,25,30). The van der Waals surface area contributed by atoms with Crippen molar-refractivity contribution >= 4 is 11.8 Å². The number of piperidine rings is 1. The minimum atomic E-state index is -0.442. The molecule has 3 aromatic rings. The van der Waals surface area contributed by atoms with Crippen LogP contribution >= 0.6 is 0 Å². The molecular formula is C23H24FN5O2. The smallest absolute Gasteiger partial charge is 0.276 e. The minimum Gasteiger partial charge on any atom is -0.349 e. The molecule has 4 rings (SSSR count). The van der Waals surface area contributed by atoms with Crippen molar-refractivity contribution in [3.8, 4) is 5.69 Å². The van der Waals surface area contributed by atoms with Gasteiger partial charge < -0.3 is 10.2 Å². The van der Waals surface area contributed by atoms with E-state index >= 15 is 0 Å². The quantitative estimate of drug-likeness (QED) is 0.687. The van der Waals surface area contributed by atoms with Gasteiger partial charge in [0, 0.05) is 24.7 Å². The summed E-state index contributed by atoms with van der Waals surface area (Å²) in [7, 11) is 0.